The number of hydrogen-bond donors (Lipinski definition) is 2. The van der Waals surface area contributed by atoms with Crippen LogP contribution in [-0.2, 0) is 33.2 Å². The number of hydrogen-bond acceptors (Lipinski definition) is 5. The molecule has 0 aliphatic rings. The zero-order chi connectivity index (χ0) is 11.1. The van der Waals surface area contributed by atoms with Crippen molar-refractivity contribution in [3.05, 3.63) is 12.8 Å². The van der Waals surface area contributed by atoms with Gasteiger partial charge in [0.2, 0.25) is 0 Å². The Morgan fingerprint density at radius 2 is 1.62 bits per heavy atom. The third-order valence-electron chi connectivity index (χ3n) is 0.618. The Kier molecular flexibility index (Phi) is 32.5. The van der Waals surface area contributed by atoms with Crippen LogP contribution < -0.4 is 0 Å². The summed E-state index contributed by atoms with van der Waals surface area (Å²) in [5, 5.41) is 15.9. The predicted octanol–water partition coefficient (Wildman–Crippen LogP) is 0.902. The summed E-state index contributed by atoms with van der Waals surface area (Å²) in [6, 6.07) is 0. The maximum absolute atomic E-state index is 8.60. The molecule has 0 radical (unpaired) electrons. The van der Waals surface area contributed by atoms with Crippen LogP contribution in [0.4, 0.5) is 0 Å². The molecule has 0 aromatic heterocycles. The molecule has 0 amide bonds. The van der Waals surface area contributed by atoms with Crippen molar-refractivity contribution in [3.8, 4) is 0 Å². The van der Waals surface area contributed by atoms with E-state index in [1.807, 2.05) is 0 Å². The van der Waals surface area contributed by atoms with Crippen LogP contribution in [0.15, 0.2) is 12.8 Å². The van der Waals surface area contributed by atoms with Crippen LogP contribution >= 0.6 is 0 Å². The molecule has 0 aliphatic carbocycles. The maximum atomic E-state index is 8.60. The molecule has 0 atom stereocenters. The second kappa shape index (κ2) is 22.7. The van der Waals surface area contributed by atoms with Crippen LogP contribution in [0.3, 0.4) is 0 Å². The third-order valence-corrected chi connectivity index (χ3v) is 0.618. The van der Waals surface area contributed by atoms with Crippen molar-refractivity contribution < 1.29 is 43.4 Å². The number of aliphatic hydroxyl groups excluding tert-OH is 2. The monoisotopic (exact) mass is 228 g/mol. The quantitative estimate of drug-likeness (QED) is 0.424. The summed E-state index contributed by atoms with van der Waals surface area (Å²) in [5.74, 6) is 0. The van der Waals surface area contributed by atoms with Crippen LogP contribution in [0.2, 0.25) is 0 Å². The van der Waals surface area contributed by atoms with Gasteiger partial charge in [-0.05, 0) is 13.8 Å². The first-order chi connectivity index (χ1) is 6.22. The standard InChI is InChI=1S/C5H12O3.C2H4O.O.Ti/c1-3-7-5(6)8-4-2;1-2-3;;/h5-6H,3-4H2,1-2H3;2-3H,1H2;;. The van der Waals surface area contributed by atoms with E-state index in [1.165, 1.54) is 0 Å². The molecule has 78 valence electrons. The van der Waals surface area contributed by atoms with E-state index < -0.39 is 6.48 Å². The summed E-state index contributed by atoms with van der Waals surface area (Å²) in [6.07, 6.45) is 0.750. The van der Waals surface area contributed by atoms with Gasteiger partial charge in [0.25, 0.3) is 6.48 Å². The minimum atomic E-state index is -1.04. The van der Waals surface area contributed by atoms with E-state index in [-0.39, 0.29) is 0 Å². The van der Waals surface area contributed by atoms with Gasteiger partial charge in [-0.2, -0.15) is 0 Å². The first kappa shape index (κ1) is 18.7. The van der Waals surface area contributed by atoms with Crippen LogP contribution in [0.1, 0.15) is 13.8 Å². The van der Waals surface area contributed by atoms with Crippen LogP contribution in [-0.4, -0.2) is 29.9 Å². The molecular formula is C7H16O5Ti. The Balaban J connectivity index is -0.000000169. The normalized spacial score (nSPS) is 7.62. The summed E-state index contributed by atoms with van der Waals surface area (Å²) in [6.45, 7) is 6.41. The van der Waals surface area contributed by atoms with E-state index in [4.69, 9.17) is 13.5 Å². The van der Waals surface area contributed by atoms with Gasteiger partial charge in [-0.1, -0.05) is 6.58 Å². The molecule has 13 heavy (non-hydrogen) atoms. The molecular weight excluding hydrogens is 212 g/mol. The summed E-state index contributed by atoms with van der Waals surface area (Å²) >= 11 is 0.750. The van der Waals surface area contributed by atoms with Gasteiger partial charge in [0.15, 0.2) is 0 Å². The molecule has 6 heteroatoms. The molecule has 0 unspecified atom stereocenters. The van der Waals surface area contributed by atoms with Gasteiger partial charge < -0.3 is 19.7 Å². The fourth-order valence-electron chi connectivity index (χ4n) is 0.333. The van der Waals surface area contributed by atoms with Gasteiger partial charge >= 0.3 is 23.7 Å². The zero-order valence-electron chi connectivity index (χ0n) is 7.90. The molecule has 0 fully saturated rings. The summed E-state index contributed by atoms with van der Waals surface area (Å²) < 4.78 is 17.5. The molecule has 0 bridgehead atoms. The van der Waals surface area contributed by atoms with Gasteiger partial charge in [0.1, 0.15) is 0 Å². The molecule has 0 aliphatic heterocycles. The second-order valence-corrected chi connectivity index (χ2v) is 1.40. The second-order valence-electron chi connectivity index (χ2n) is 1.40. The van der Waals surface area contributed by atoms with Gasteiger partial charge in [-0.15, -0.1) is 0 Å². The summed E-state index contributed by atoms with van der Waals surface area (Å²) in [4.78, 5) is 0. The van der Waals surface area contributed by atoms with Crippen molar-refractivity contribution in [2.45, 2.75) is 20.3 Å². The Bertz CT molecular complexity index is 85.0. The fraction of sp³-hybridized carbons (Fsp3) is 0.714. The van der Waals surface area contributed by atoms with Gasteiger partial charge in [-0.25, -0.2) is 0 Å². The Hall–Kier alpha value is -0.0657. The average Bonchev–Trinajstić information content (AvgIpc) is 2.10. The van der Waals surface area contributed by atoms with Crippen molar-refractivity contribution in [2.24, 2.45) is 0 Å². The van der Waals surface area contributed by atoms with Crippen molar-refractivity contribution in [2.75, 3.05) is 13.2 Å². The van der Waals surface area contributed by atoms with E-state index >= 15 is 0 Å². The first-order valence-corrected chi connectivity index (χ1v) is 4.23. The van der Waals surface area contributed by atoms with Crippen molar-refractivity contribution >= 4 is 0 Å². The predicted molar refractivity (Wildman–Crippen MR) is 42.8 cm³/mol. The Labute approximate surface area is 90.1 Å². The molecule has 0 aromatic carbocycles. The minimum absolute atomic E-state index is 0.473. The molecule has 0 heterocycles. The van der Waals surface area contributed by atoms with E-state index in [9.17, 15) is 0 Å². The first-order valence-electron chi connectivity index (χ1n) is 3.59. The molecule has 2 N–H and O–H groups in total. The molecule has 0 saturated carbocycles. The van der Waals surface area contributed by atoms with E-state index in [2.05, 4.69) is 16.1 Å². The summed E-state index contributed by atoms with van der Waals surface area (Å²) in [7, 11) is 0. The summed E-state index contributed by atoms with van der Waals surface area (Å²) in [5.41, 5.74) is 0. The van der Waals surface area contributed by atoms with E-state index in [0.29, 0.717) is 13.2 Å². The number of ether oxygens (including phenoxy) is 2. The van der Waals surface area contributed by atoms with Crippen molar-refractivity contribution in [1.82, 2.24) is 0 Å². The van der Waals surface area contributed by atoms with Gasteiger partial charge in [-0.3, -0.25) is 0 Å². The van der Waals surface area contributed by atoms with E-state index in [0.717, 1.165) is 26.7 Å². The van der Waals surface area contributed by atoms with Gasteiger partial charge in [0.05, 0.1) is 6.26 Å². The number of rotatable bonds is 4. The molecule has 0 aromatic rings. The molecule has 0 saturated heterocycles. The van der Waals surface area contributed by atoms with Gasteiger partial charge in [0, 0.05) is 13.2 Å². The third kappa shape index (κ3) is 33.4. The van der Waals surface area contributed by atoms with E-state index in [1.54, 1.807) is 13.8 Å². The fourth-order valence-corrected chi connectivity index (χ4v) is 0.333. The molecule has 0 spiro atoms. The average molecular weight is 228 g/mol. The van der Waals surface area contributed by atoms with Crippen LogP contribution in [0.25, 0.3) is 0 Å². The van der Waals surface area contributed by atoms with Crippen molar-refractivity contribution in [3.63, 3.8) is 0 Å². The molecule has 0 rings (SSSR count). The number of aliphatic hydroxyl groups is 2. The Morgan fingerprint density at radius 3 is 1.77 bits per heavy atom. The Morgan fingerprint density at radius 1 is 1.38 bits per heavy atom. The molecule has 5 nitrogen and oxygen atoms in total. The SMILES string of the molecule is C=CO.CCOC(O)OCC.[O]=[Ti]. The zero-order valence-corrected chi connectivity index (χ0v) is 9.46. The van der Waals surface area contributed by atoms with Crippen molar-refractivity contribution in [1.29, 1.82) is 0 Å². The van der Waals surface area contributed by atoms with Crippen LogP contribution in [0.5, 0.6) is 0 Å². The topological polar surface area (TPSA) is 76.0 Å². The van der Waals surface area contributed by atoms with Crippen LogP contribution in [0, 0.1) is 0 Å².